The molecule has 81 valence electrons. The molecule has 4 heteroatoms. The van der Waals surface area contributed by atoms with Gasteiger partial charge in [0, 0.05) is 12.1 Å². The molecule has 0 unspecified atom stereocenters. The van der Waals surface area contributed by atoms with E-state index in [1.54, 1.807) is 18.2 Å². The number of sulfonamides is 1. The molecule has 3 nitrogen and oxygen atoms in total. The first-order chi connectivity index (χ1) is 6.83. The molecule has 1 aromatic rings. The normalized spacial score (nSPS) is 20.2. The summed E-state index contributed by atoms with van der Waals surface area (Å²) < 4.78 is 25.8. The minimum Gasteiger partial charge on any atom is -0.207 e. The maximum absolute atomic E-state index is 12.1. The van der Waals surface area contributed by atoms with Crippen LogP contribution in [0.15, 0.2) is 23.1 Å². The Balaban J connectivity index is 2.58. The van der Waals surface area contributed by atoms with Gasteiger partial charge in [0.1, 0.15) is 0 Å². The van der Waals surface area contributed by atoms with Gasteiger partial charge in [-0.05, 0) is 44.5 Å². The lowest BCUT2D eigenvalue weighted by molar-refractivity contribution is 0.252. The first kappa shape index (κ1) is 10.6. The fourth-order valence-corrected chi connectivity index (χ4v) is 3.74. The van der Waals surface area contributed by atoms with Crippen LogP contribution in [0.3, 0.4) is 0 Å². The second-order valence-electron chi connectivity index (χ2n) is 4.72. The Morgan fingerprint density at radius 3 is 2.60 bits per heavy atom. The van der Waals surface area contributed by atoms with Gasteiger partial charge in [0.2, 0.25) is 10.0 Å². The maximum atomic E-state index is 12.1. The van der Waals surface area contributed by atoms with Crippen molar-refractivity contribution in [2.24, 2.45) is 0 Å². The zero-order chi connectivity index (χ0) is 11.3. The Labute approximate surface area is 90.8 Å². The monoisotopic (exact) mass is 224 g/mol. The molecule has 15 heavy (non-hydrogen) atoms. The Morgan fingerprint density at radius 1 is 1.40 bits per heavy atom. The van der Waals surface area contributed by atoms with Crippen LogP contribution in [0.5, 0.6) is 0 Å². The van der Waals surface area contributed by atoms with Gasteiger partial charge in [-0.3, -0.25) is 0 Å². The van der Waals surface area contributed by atoms with Crippen LogP contribution in [-0.2, 0) is 16.6 Å². The summed E-state index contributed by atoms with van der Waals surface area (Å²) >= 11 is 0. The first-order valence-electron chi connectivity index (χ1n) is 4.85. The summed E-state index contributed by atoms with van der Waals surface area (Å²) in [5.41, 5.74) is 0.463. The van der Waals surface area contributed by atoms with Crippen molar-refractivity contribution in [1.29, 1.82) is 0 Å². The molecule has 1 aliphatic rings. The zero-order valence-electron chi connectivity index (χ0n) is 9.11. The van der Waals surface area contributed by atoms with Crippen molar-refractivity contribution in [3.05, 3.63) is 29.8 Å². The van der Waals surface area contributed by atoms with Gasteiger partial charge >= 0.3 is 0 Å². The van der Waals surface area contributed by atoms with Crippen molar-refractivity contribution in [2.45, 2.75) is 37.8 Å². The number of fused-ring (bicyclic) bond motifs is 1. The molecule has 0 bridgehead atoms. The van der Waals surface area contributed by atoms with E-state index in [2.05, 4.69) is 6.07 Å². The van der Waals surface area contributed by atoms with Crippen molar-refractivity contribution in [3.63, 3.8) is 0 Å². The van der Waals surface area contributed by atoms with Crippen molar-refractivity contribution in [2.75, 3.05) is 0 Å². The third-order valence-corrected chi connectivity index (χ3v) is 4.75. The quantitative estimate of drug-likeness (QED) is 0.673. The Kier molecular flexibility index (Phi) is 2.17. The summed E-state index contributed by atoms with van der Waals surface area (Å²) in [6.07, 6.45) is 0. The van der Waals surface area contributed by atoms with E-state index in [0.29, 0.717) is 11.4 Å². The minimum atomic E-state index is -3.29. The van der Waals surface area contributed by atoms with Crippen LogP contribution in [0, 0.1) is 6.07 Å². The second kappa shape index (κ2) is 3.06. The lowest BCUT2D eigenvalue weighted by Crippen LogP contribution is -2.41. The van der Waals surface area contributed by atoms with Gasteiger partial charge in [0.15, 0.2) is 0 Å². The molecule has 1 radical (unpaired) electrons. The number of hydrogen-bond donors (Lipinski definition) is 0. The third kappa shape index (κ3) is 1.58. The second-order valence-corrected chi connectivity index (χ2v) is 6.55. The largest absolute Gasteiger partial charge is 0.244 e. The smallest absolute Gasteiger partial charge is 0.207 e. The number of nitrogens with zero attached hydrogens (tertiary/aromatic N) is 1. The van der Waals surface area contributed by atoms with E-state index in [1.807, 2.05) is 20.8 Å². The van der Waals surface area contributed by atoms with E-state index >= 15 is 0 Å². The molecule has 1 aliphatic heterocycles. The van der Waals surface area contributed by atoms with Crippen molar-refractivity contribution in [1.82, 2.24) is 4.31 Å². The van der Waals surface area contributed by atoms with E-state index in [9.17, 15) is 8.42 Å². The average molecular weight is 224 g/mol. The van der Waals surface area contributed by atoms with Crippen molar-refractivity contribution < 1.29 is 8.42 Å². The number of hydrogen-bond acceptors (Lipinski definition) is 2. The molecule has 0 aromatic heterocycles. The molecule has 0 amide bonds. The van der Waals surface area contributed by atoms with Crippen LogP contribution in [0.2, 0.25) is 0 Å². The molecule has 0 fully saturated rings. The highest BCUT2D eigenvalue weighted by molar-refractivity contribution is 7.89. The fourth-order valence-electron chi connectivity index (χ4n) is 1.78. The van der Waals surface area contributed by atoms with Gasteiger partial charge in [0.05, 0.1) is 4.90 Å². The lowest BCUT2D eigenvalue weighted by atomic mass is 10.1. The molecular weight excluding hydrogens is 210 g/mol. The highest BCUT2D eigenvalue weighted by Gasteiger charge is 2.40. The summed E-state index contributed by atoms with van der Waals surface area (Å²) in [5, 5.41) is 0. The summed E-state index contributed by atoms with van der Waals surface area (Å²) in [4.78, 5) is 0.427. The highest BCUT2D eigenvalue weighted by Crippen LogP contribution is 2.34. The molecule has 0 atom stereocenters. The molecule has 0 spiro atoms. The maximum Gasteiger partial charge on any atom is 0.244 e. The Hall–Kier alpha value is -0.870. The zero-order valence-corrected chi connectivity index (χ0v) is 9.93. The molecule has 1 heterocycles. The van der Waals surface area contributed by atoms with Gasteiger partial charge in [0.25, 0.3) is 0 Å². The standard InChI is InChI=1S/C11H14NO2S/c1-11(2,3)12-8-9-6-4-5-7-10(9)15(12,13)14/h5-7H,8H2,1-3H3. The molecule has 0 saturated carbocycles. The summed E-state index contributed by atoms with van der Waals surface area (Å²) in [6.45, 7) is 6.17. The molecule has 2 rings (SSSR count). The first-order valence-corrected chi connectivity index (χ1v) is 6.29. The molecule has 0 saturated heterocycles. The topological polar surface area (TPSA) is 37.4 Å². The molecule has 0 aliphatic carbocycles. The van der Waals surface area contributed by atoms with Crippen LogP contribution >= 0.6 is 0 Å². The number of benzene rings is 1. The summed E-state index contributed by atoms with van der Waals surface area (Å²) in [5.74, 6) is 0. The molecule has 0 N–H and O–H groups in total. The number of rotatable bonds is 0. The SMILES string of the molecule is CC(C)(C)N1Cc2c[c]ccc2S1(=O)=O. The van der Waals surface area contributed by atoms with E-state index in [1.165, 1.54) is 4.31 Å². The van der Waals surface area contributed by atoms with Gasteiger partial charge in [-0.2, -0.15) is 4.31 Å². The fraction of sp³-hybridized carbons (Fsp3) is 0.455. The predicted octanol–water partition coefficient (Wildman–Crippen LogP) is 1.79. The predicted molar refractivity (Wildman–Crippen MR) is 57.8 cm³/mol. The van der Waals surface area contributed by atoms with Crippen LogP contribution in [0.1, 0.15) is 26.3 Å². The molecular formula is C11H14NO2S. The van der Waals surface area contributed by atoms with E-state index in [4.69, 9.17) is 0 Å². The minimum absolute atomic E-state index is 0.377. The summed E-state index contributed by atoms with van der Waals surface area (Å²) in [6, 6.07) is 7.92. The summed E-state index contributed by atoms with van der Waals surface area (Å²) in [7, 11) is -3.29. The van der Waals surface area contributed by atoms with Gasteiger partial charge in [-0.1, -0.05) is 6.07 Å². The lowest BCUT2D eigenvalue weighted by Gasteiger charge is -2.29. The van der Waals surface area contributed by atoms with Gasteiger partial charge in [-0.15, -0.1) is 0 Å². The highest BCUT2D eigenvalue weighted by atomic mass is 32.2. The van der Waals surface area contributed by atoms with E-state index < -0.39 is 10.0 Å². The third-order valence-electron chi connectivity index (χ3n) is 2.54. The van der Waals surface area contributed by atoms with Crippen molar-refractivity contribution in [3.8, 4) is 0 Å². The van der Waals surface area contributed by atoms with E-state index in [0.717, 1.165) is 5.56 Å². The van der Waals surface area contributed by atoms with Crippen molar-refractivity contribution >= 4 is 10.0 Å². The van der Waals surface area contributed by atoms with Crippen LogP contribution in [0.25, 0.3) is 0 Å². The Morgan fingerprint density at radius 2 is 2.07 bits per heavy atom. The Bertz CT molecular complexity index is 486. The van der Waals surface area contributed by atoms with Crippen LogP contribution in [0.4, 0.5) is 0 Å². The average Bonchev–Trinajstić information content (AvgIpc) is 2.39. The van der Waals surface area contributed by atoms with Crippen LogP contribution < -0.4 is 0 Å². The van der Waals surface area contributed by atoms with Gasteiger partial charge < -0.3 is 0 Å². The van der Waals surface area contributed by atoms with Gasteiger partial charge in [-0.25, -0.2) is 8.42 Å². The van der Waals surface area contributed by atoms with Crippen LogP contribution in [-0.4, -0.2) is 18.3 Å². The molecule has 1 aromatic carbocycles. The van der Waals surface area contributed by atoms with E-state index in [-0.39, 0.29) is 5.54 Å².